The zero-order valence-electron chi connectivity index (χ0n) is 11.9. The number of carboxylic acids is 1. The molecule has 0 heterocycles. The van der Waals surface area contributed by atoms with Crippen molar-refractivity contribution >= 4 is 11.9 Å². The second-order valence-electron chi connectivity index (χ2n) is 3.89. The number of esters is 1. The predicted octanol–water partition coefficient (Wildman–Crippen LogP) is -2.46. The van der Waals surface area contributed by atoms with Crippen molar-refractivity contribution in [3.05, 3.63) is 47.7 Å². The van der Waals surface area contributed by atoms with E-state index in [4.69, 9.17) is 4.74 Å². The molecule has 0 spiro atoms. The quantitative estimate of drug-likeness (QED) is 0.356. The Morgan fingerprint density at radius 3 is 2.45 bits per heavy atom. The summed E-state index contributed by atoms with van der Waals surface area (Å²) in [6.07, 6.45) is 1.21. The van der Waals surface area contributed by atoms with E-state index >= 15 is 0 Å². The summed E-state index contributed by atoms with van der Waals surface area (Å²) in [6.45, 7) is 3.56. The SMILES string of the molecule is CCOC(=O)C=C(C)N[C@@H](C(=O)[O-])c1ccccc1.[Na+]. The Hall–Kier alpha value is -1.30. The van der Waals surface area contributed by atoms with Gasteiger partial charge in [-0.05, 0) is 19.4 Å². The van der Waals surface area contributed by atoms with Crippen LogP contribution in [0.3, 0.4) is 0 Å². The van der Waals surface area contributed by atoms with E-state index in [1.54, 1.807) is 44.2 Å². The molecule has 1 aromatic rings. The van der Waals surface area contributed by atoms with Crippen LogP contribution in [-0.2, 0) is 14.3 Å². The van der Waals surface area contributed by atoms with E-state index in [1.165, 1.54) is 6.08 Å². The molecule has 0 radical (unpaired) electrons. The number of allylic oxidation sites excluding steroid dienone is 1. The zero-order chi connectivity index (χ0) is 14.3. The molecule has 0 unspecified atom stereocenters. The van der Waals surface area contributed by atoms with Crippen LogP contribution in [0.25, 0.3) is 0 Å². The van der Waals surface area contributed by atoms with Gasteiger partial charge in [0.1, 0.15) is 0 Å². The van der Waals surface area contributed by atoms with Gasteiger partial charge in [-0.2, -0.15) is 0 Å². The van der Waals surface area contributed by atoms with Gasteiger partial charge in [0.15, 0.2) is 0 Å². The molecule has 0 aliphatic rings. The molecule has 0 fully saturated rings. The number of carboxylic acid groups (broad SMARTS) is 1. The minimum Gasteiger partial charge on any atom is -0.548 e. The number of hydrogen-bond acceptors (Lipinski definition) is 5. The van der Waals surface area contributed by atoms with Crippen LogP contribution < -0.4 is 40.0 Å². The van der Waals surface area contributed by atoms with Crippen LogP contribution in [-0.4, -0.2) is 18.5 Å². The molecule has 1 rings (SSSR count). The average molecular weight is 285 g/mol. The number of ether oxygens (including phenoxy) is 1. The summed E-state index contributed by atoms with van der Waals surface area (Å²) in [4.78, 5) is 22.4. The van der Waals surface area contributed by atoms with Crippen molar-refractivity contribution in [3.63, 3.8) is 0 Å². The van der Waals surface area contributed by atoms with Crippen molar-refractivity contribution in [2.45, 2.75) is 19.9 Å². The van der Waals surface area contributed by atoms with Crippen molar-refractivity contribution < 1.29 is 49.0 Å². The molecular weight excluding hydrogens is 269 g/mol. The molecule has 0 aromatic heterocycles. The van der Waals surface area contributed by atoms with Gasteiger partial charge < -0.3 is 20.0 Å². The molecule has 0 aliphatic heterocycles. The number of aliphatic carboxylic acids is 1. The fourth-order valence-electron chi connectivity index (χ4n) is 1.55. The first-order valence-electron chi connectivity index (χ1n) is 5.92. The molecule has 0 bridgehead atoms. The topological polar surface area (TPSA) is 78.5 Å². The summed E-state index contributed by atoms with van der Waals surface area (Å²) in [5, 5.41) is 13.9. The molecule has 0 saturated heterocycles. The van der Waals surface area contributed by atoms with E-state index in [0.717, 1.165) is 0 Å². The maximum atomic E-state index is 11.2. The summed E-state index contributed by atoms with van der Waals surface area (Å²) < 4.78 is 4.74. The summed E-state index contributed by atoms with van der Waals surface area (Å²) in [6, 6.07) is 7.59. The predicted molar refractivity (Wildman–Crippen MR) is 67.7 cm³/mol. The van der Waals surface area contributed by atoms with Crippen molar-refractivity contribution in [2.24, 2.45) is 0 Å². The number of carbonyl (C=O) groups is 2. The molecule has 1 N–H and O–H groups in total. The van der Waals surface area contributed by atoms with E-state index in [2.05, 4.69) is 5.32 Å². The first kappa shape index (κ1) is 18.7. The molecule has 1 aromatic carbocycles. The molecule has 0 aliphatic carbocycles. The summed E-state index contributed by atoms with van der Waals surface area (Å²) >= 11 is 0. The van der Waals surface area contributed by atoms with Gasteiger partial charge in [-0.3, -0.25) is 0 Å². The molecule has 0 saturated carbocycles. The Balaban J connectivity index is 0.00000361. The maximum absolute atomic E-state index is 11.2. The van der Waals surface area contributed by atoms with Gasteiger partial charge >= 0.3 is 35.5 Å². The van der Waals surface area contributed by atoms with Gasteiger partial charge in [0, 0.05) is 11.8 Å². The third-order valence-corrected chi connectivity index (χ3v) is 2.36. The van der Waals surface area contributed by atoms with Crippen LogP contribution in [0.4, 0.5) is 0 Å². The fourth-order valence-corrected chi connectivity index (χ4v) is 1.55. The third kappa shape index (κ3) is 6.23. The van der Waals surface area contributed by atoms with Crippen LogP contribution in [0.5, 0.6) is 0 Å². The van der Waals surface area contributed by atoms with Gasteiger partial charge in [0.2, 0.25) is 0 Å². The number of nitrogens with one attached hydrogen (secondary N) is 1. The van der Waals surface area contributed by atoms with Gasteiger partial charge in [-0.15, -0.1) is 0 Å². The Kier molecular flexibility index (Phi) is 8.96. The van der Waals surface area contributed by atoms with E-state index < -0.39 is 18.0 Å². The molecule has 0 amide bonds. The Labute approximate surface area is 140 Å². The van der Waals surface area contributed by atoms with Crippen LogP contribution in [0.2, 0.25) is 0 Å². The van der Waals surface area contributed by atoms with E-state index in [0.29, 0.717) is 11.3 Å². The van der Waals surface area contributed by atoms with Crippen LogP contribution >= 0.6 is 0 Å². The average Bonchev–Trinajstić information content (AvgIpc) is 2.37. The molecule has 6 heteroatoms. The Bertz CT molecular complexity index is 473. The van der Waals surface area contributed by atoms with Crippen LogP contribution in [0.15, 0.2) is 42.1 Å². The monoisotopic (exact) mass is 285 g/mol. The summed E-state index contributed by atoms with van der Waals surface area (Å²) in [7, 11) is 0. The van der Waals surface area contributed by atoms with Crippen molar-refractivity contribution in [1.29, 1.82) is 0 Å². The zero-order valence-corrected chi connectivity index (χ0v) is 13.9. The largest absolute Gasteiger partial charge is 1.00 e. The summed E-state index contributed by atoms with van der Waals surface area (Å²) in [5.41, 5.74) is 0.954. The van der Waals surface area contributed by atoms with E-state index in [-0.39, 0.29) is 36.2 Å². The molecule has 20 heavy (non-hydrogen) atoms. The maximum Gasteiger partial charge on any atom is 1.00 e. The standard InChI is InChI=1S/C14H17NO4.Na/c1-3-19-12(16)9-10(2)15-13(14(17)18)11-7-5-4-6-8-11;/h4-9,13,15H,3H2,1-2H3,(H,17,18);/q;+1/p-1/t13-;/m1./s1. The van der Waals surface area contributed by atoms with Crippen molar-refractivity contribution in [2.75, 3.05) is 6.61 Å². The minimum atomic E-state index is -1.26. The van der Waals surface area contributed by atoms with E-state index in [9.17, 15) is 14.7 Å². The molecule has 102 valence electrons. The minimum absolute atomic E-state index is 0. The second kappa shape index (κ2) is 9.58. The van der Waals surface area contributed by atoms with Gasteiger partial charge in [-0.25, -0.2) is 4.79 Å². The first-order valence-corrected chi connectivity index (χ1v) is 5.92. The van der Waals surface area contributed by atoms with Crippen molar-refractivity contribution in [3.8, 4) is 0 Å². The first-order chi connectivity index (χ1) is 9.04. The van der Waals surface area contributed by atoms with Gasteiger partial charge in [0.05, 0.1) is 18.6 Å². The number of rotatable bonds is 6. The fraction of sp³-hybridized carbons (Fsp3) is 0.286. The number of carbonyl (C=O) groups excluding carboxylic acids is 2. The smallest absolute Gasteiger partial charge is 0.548 e. The number of hydrogen-bond donors (Lipinski definition) is 1. The third-order valence-electron chi connectivity index (χ3n) is 2.36. The van der Waals surface area contributed by atoms with E-state index in [1.807, 2.05) is 0 Å². The van der Waals surface area contributed by atoms with Crippen molar-refractivity contribution in [1.82, 2.24) is 5.32 Å². The Morgan fingerprint density at radius 1 is 1.35 bits per heavy atom. The molecule has 5 nitrogen and oxygen atoms in total. The molecular formula is C14H16NNaO4. The Morgan fingerprint density at radius 2 is 1.95 bits per heavy atom. The summed E-state index contributed by atoms with van der Waals surface area (Å²) in [5.74, 6) is -1.78. The van der Waals surface area contributed by atoms with Gasteiger partial charge in [-0.1, -0.05) is 30.3 Å². The normalized spacial score (nSPS) is 12.0. The van der Waals surface area contributed by atoms with Crippen LogP contribution in [0, 0.1) is 0 Å². The number of benzene rings is 1. The molecule has 1 atom stereocenters. The van der Waals surface area contributed by atoms with Crippen LogP contribution in [0.1, 0.15) is 25.5 Å². The van der Waals surface area contributed by atoms with Gasteiger partial charge in [0.25, 0.3) is 0 Å². The second-order valence-corrected chi connectivity index (χ2v) is 3.89.